The molecule has 3 fully saturated rings. The number of anilines is 2. The minimum atomic E-state index is -1.23. The average Bonchev–Trinajstić information content (AvgIpc) is 3.50. The van der Waals surface area contributed by atoms with Crippen molar-refractivity contribution in [2.75, 3.05) is 24.0 Å². The first kappa shape index (κ1) is 31.6. The van der Waals surface area contributed by atoms with Gasteiger partial charge in [0.2, 0.25) is 29.4 Å². The zero-order valence-electron chi connectivity index (χ0n) is 26.2. The predicted octanol–water partition coefficient (Wildman–Crippen LogP) is 3.85. The molecule has 13 nitrogen and oxygen atoms in total. The second-order valence-electron chi connectivity index (χ2n) is 12.5. The van der Waals surface area contributed by atoms with E-state index in [4.69, 9.17) is 9.47 Å². The summed E-state index contributed by atoms with van der Waals surface area (Å²) in [5.41, 5.74) is 1.16. The van der Waals surface area contributed by atoms with E-state index in [1.54, 1.807) is 12.1 Å². The van der Waals surface area contributed by atoms with Crippen molar-refractivity contribution in [3.63, 3.8) is 0 Å². The predicted molar refractivity (Wildman–Crippen MR) is 171 cm³/mol. The van der Waals surface area contributed by atoms with Gasteiger partial charge in [-0.15, -0.1) is 0 Å². The molecule has 3 aromatic carbocycles. The van der Waals surface area contributed by atoms with Crippen molar-refractivity contribution < 1.29 is 53.6 Å². The molecule has 0 radical (unpaired) electrons. The zero-order chi connectivity index (χ0) is 34.9. The first-order valence-electron chi connectivity index (χ1n) is 15.5. The van der Waals surface area contributed by atoms with Crippen molar-refractivity contribution in [2.45, 2.75) is 18.8 Å². The van der Waals surface area contributed by atoms with Crippen LogP contribution in [0.15, 0.2) is 72.3 Å². The van der Waals surface area contributed by atoms with Crippen LogP contribution in [0.25, 0.3) is 0 Å². The first-order valence-corrected chi connectivity index (χ1v) is 15.5. The Morgan fingerprint density at radius 3 is 1.71 bits per heavy atom. The van der Waals surface area contributed by atoms with Gasteiger partial charge in [-0.3, -0.25) is 29.0 Å². The molecule has 13 heteroatoms. The van der Waals surface area contributed by atoms with Crippen molar-refractivity contribution in [3.8, 4) is 17.2 Å². The summed E-state index contributed by atoms with van der Waals surface area (Å²) in [5.74, 6) is -9.85. The van der Waals surface area contributed by atoms with Gasteiger partial charge >= 0.3 is 11.9 Å². The number of methoxy groups -OCH3 is 2. The summed E-state index contributed by atoms with van der Waals surface area (Å²) in [5, 5.41) is 29.8. The van der Waals surface area contributed by atoms with Crippen LogP contribution in [0, 0.1) is 29.6 Å². The quantitative estimate of drug-likeness (QED) is 0.245. The van der Waals surface area contributed by atoms with Crippen LogP contribution in [0.2, 0.25) is 0 Å². The minimum absolute atomic E-state index is 0.0571. The molecule has 0 bridgehead atoms. The molecular weight excluding hydrogens is 636 g/mol. The summed E-state index contributed by atoms with van der Waals surface area (Å²) in [6, 6.07) is 14.2. The Morgan fingerprint density at radius 2 is 1.20 bits per heavy atom. The number of ether oxygens (including phenoxy) is 2. The Bertz CT molecular complexity index is 1990. The third kappa shape index (κ3) is 4.75. The molecule has 3 aromatic rings. The van der Waals surface area contributed by atoms with Crippen molar-refractivity contribution in [2.24, 2.45) is 29.6 Å². The van der Waals surface area contributed by atoms with Crippen molar-refractivity contribution >= 4 is 46.9 Å². The van der Waals surface area contributed by atoms with Gasteiger partial charge in [0.15, 0.2) is 11.5 Å². The molecule has 3 N–H and O–H groups in total. The standard InChI is InChI=1S/C36H30N2O11/c1-48-25-13-18(14-26(49-2)30(25)39)27-21-9-10-22-28(33(42)37(31(22)40)19-7-3-5-16(11-19)35(44)45)23(21)15-24-29(27)34(43)38(32(24)41)20-8-4-6-17(12-20)36(46)47/h3-9,11-14,22-24,27-29,39H,10,15H2,1-2H3,(H,44,45)(H,46,47)/t22-,23+,24+,27-,28-,29+/m0/s1. The molecule has 0 spiro atoms. The molecule has 2 heterocycles. The summed E-state index contributed by atoms with van der Waals surface area (Å²) in [6.07, 6.45) is 2.05. The van der Waals surface area contributed by atoms with Gasteiger partial charge in [0.25, 0.3) is 0 Å². The molecule has 6 atom stereocenters. The number of carboxylic acid groups (broad SMARTS) is 2. The molecule has 0 aromatic heterocycles. The number of amides is 4. The van der Waals surface area contributed by atoms with Gasteiger partial charge in [-0.1, -0.05) is 23.8 Å². The lowest BCUT2D eigenvalue weighted by Crippen LogP contribution is -2.43. The third-order valence-corrected chi connectivity index (χ3v) is 10.2. The zero-order valence-corrected chi connectivity index (χ0v) is 26.2. The molecule has 4 aliphatic rings. The van der Waals surface area contributed by atoms with E-state index < -0.39 is 71.1 Å². The van der Waals surface area contributed by atoms with Gasteiger partial charge in [-0.2, -0.15) is 0 Å². The summed E-state index contributed by atoms with van der Waals surface area (Å²) in [6.45, 7) is 0. The maximum Gasteiger partial charge on any atom is 0.335 e. The molecule has 2 saturated heterocycles. The number of benzene rings is 3. The molecule has 1 saturated carbocycles. The number of allylic oxidation sites excluding steroid dienone is 2. The largest absolute Gasteiger partial charge is 0.502 e. The summed E-state index contributed by atoms with van der Waals surface area (Å²) in [7, 11) is 2.71. The highest BCUT2D eigenvalue weighted by atomic mass is 16.5. The van der Waals surface area contributed by atoms with Gasteiger partial charge in [0.1, 0.15) is 0 Å². The normalized spacial score (nSPS) is 25.8. The molecule has 250 valence electrons. The number of phenolic OH excluding ortho intramolecular Hbond substituents is 1. The Balaban J connectivity index is 1.36. The maximum atomic E-state index is 14.4. The van der Waals surface area contributed by atoms with Crippen LogP contribution in [0.5, 0.6) is 17.2 Å². The van der Waals surface area contributed by atoms with Crippen LogP contribution in [0.4, 0.5) is 11.4 Å². The lowest BCUT2D eigenvalue weighted by molar-refractivity contribution is -0.126. The number of carboxylic acids is 2. The number of hydrogen-bond donors (Lipinski definition) is 3. The number of fused-ring (bicyclic) bond motifs is 4. The van der Waals surface area contributed by atoms with E-state index in [1.807, 2.05) is 6.08 Å². The molecule has 0 unspecified atom stereocenters. The second kappa shape index (κ2) is 11.6. The van der Waals surface area contributed by atoms with Gasteiger partial charge in [-0.25, -0.2) is 9.59 Å². The average molecular weight is 667 g/mol. The highest BCUT2D eigenvalue weighted by molar-refractivity contribution is 6.24. The molecule has 4 amide bonds. The Kier molecular flexibility index (Phi) is 7.49. The molecule has 2 aliphatic heterocycles. The highest BCUT2D eigenvalue weighted by Crippen LogP contribution is 2.59. The Hall–Kier alpha value is -5.98. The molecule has 2 aliphatic carbocycles. The SMILES string of the molecule is COc1cc([C@H]2C3=CC[C@@H]4C(=O)N(c5cccc(C(=O)O)c5)C(=O)[C@@H]4[C@@H]3C[C@H]3C(=O)N(c4cccc(C(=O)O)c4)C(=O)[C@@H]23)cc(OC)c1O. The number of hydrogen-bond acceptors (Lipinski definition) is 9. The number of imide groups is 2. The van der Waals surface area contributed by atoms with Crippen LogP contribution in [-0.4, -0.2) is 65.1 Å². The number of nitrogens with zero attached hydrogens (tertiary/aromatic N) is 2. The molecular formula is C36H30N2O11. The van der Waals surface area contributed by atoms with E-state index in [9.17, 15) is 44.1 Å². The van der Waals surface area contributed by atoms with E-state index in [1.165, 1.54) is 62.8 Å². The first-order chi connectivity index (χ1) is 23.5. The Morgan fingerprint density at radius 1 is 0.694 bits per heavy atom. The summed E-state index contributed by atoms with van der Waals surface area (Å²) < 4.78 is 10.8. The monoisotopic (exact) mass is 666 g/mol. The van der Waals surface area contributed by atoms with Gasteiger partial charge in [-0.05, 0) is 72.9 Å². The van der Waals surface area contributed by atoms with Crippen molar-refractivity contribution in [1.29, 1.82) is 0 Å². The third-order valence-electron chi connectivity index (χ3n) is 10.2. The number of aromatic carboxylic acids is 2. The second-order valence-corrected chi connectivity index (χ2v) is 12.5. The Labute approximate surface area is 279 Å². The van der Waals surface area contributed by atoms with Crippen molar-refractivity contribution in [1.82, 2.24) is 0 Å². The summed E-state index contributed by atoms with van der Waals surface area (Å²) >= 11 is 0. The van der Waals surface area contributed by atoms with E-state index in [0.29, 0.717) is 11.1 Å². The highest BCUT2D eigenvalue weighted by Gasteiger charge is 2.62. The number of carbonyl (C=O) groups excluding carboxylic acids is 4. The maximum absolute atomic E-state index is 14.4. The van der Waals surface area contributed by atoms with E-state index in [-0.39, 0.29) is 52.6 Å². The van der Waals surface area contributed by atoms with Crippen LogP contribution >= 0.6 is 0 Å². The number of carbonyl (C=O) groups is 6. The number of phenols is 1. The lowest BCUT2D eigenvalue weighted by atomic mass is 9.57. The summed E-state index contributed by atoms with van der Waals surface area (Å²) in [4.78, 5) is 82.1. The fourth-order valence-electron chi connectivity index (χ4n) is 8.12. The van der Waals surface area contributed by atoms with Crippen LogP contribution in [0.1, 0.15) is 45.0 Å². The number of rotatable bonds is 7. The van der Waals surface area contributed by atoms with Gasteiger partial charge < -0.3 is 24.8 Å². The van der Waals surface area contributed by atoms with E-state index in [2.05, 4.69) is 0 Å². The van der Waals surface area contributed by atoms with Crippen LogP contribution in [0.3, 0.4) is 0 Å². The van der Waals surface area contributed by atoms with Gasteiger partial charge in [0, 0.05) is 5.92 Å². The van der Waals surface area contributed by atoms with E-state index >= 15 is 0 Å². The molecule has 7 rings (SSSR count). The van der Waals surface area contributed by atoms with Crippen LogP contribution < -0.4 is 19.3 Å². The minimum Gasteiger partial charge on any atom is -0.502 e. The smallest absolute Gasteiger partial charge is 0.335 e. The topological polar surface area (TPSA) is 188 Å². The lowest BCUT2D eigenvalue weighted by Gasteiger charge is -2.44. The van der Waals surface area contributed by atoms with E-state index in [0.717, 1.165) is 9.80 Å². The number of aromatic hydroxyl groups is 1. The van der Waals surface area contributed by atoms with Crippen molar-refractivity contribution in [3.05, 3.63) is 89.0 Å². The van der Waals surface area contributed by atoms with Gasteiger partial charge in [0.05, 0.1) is 60.4 Å². The fourth-order valence-corrected chi connectivity index (χ4v) is 8.12. The fraction of sp³-hybridized carbons (Fsp3) is 0.278. The van der Waals surface area contributed by atoms with Crippen LogP contribution in [-0.2, 0) is 19.2 Å². The molecule has 49 heavy (non-hydrogen) atoms.